The molecule has 0 spiro atoms. The maximum absolute atomic E-state index is 4.85. The molecule has 0 aliphatic heterocycles. The first-order chi connectivity index (χ1) is 4.12. The number of rotatable bonds is 4. The van der Waals surface area contributed by atoms with Crippen molar-refractivity contribution in [2.75, 3.05) is 13.2 Å². The fourth-order valence-electron chi connectivity index (χ4n) is 0.493. The van der Waals surface area contributed by atoms with Crippen LogP contribution in [0.25, 0.3) is 0 Å². The average Bonchev–Trinajstić information content (AvgIpc) is 1.64. The van der Waals surface area contributed by atoms with Crippen LogP contribution >= 0.6 is 0 Å². The van der Waals surface area contributed by atoms with Crippen LogP contribution in [0.5, 0.6) is 0 Å². The smallest absolute Gasteiger partial charge is 0.0753 e. The van der Waals surface area contributed by atoms with Gasteiger partial charge in [0.25, 0.3) is 0 Å². The van der Waals surface area contributed by atoms with E-state index in [9.17, 15) is 0 Å². The molecule has 0 aromatic heterocycles. The summed E-state index contributed by atoms with van der Waals surface area (Å²) in [4.78, 5) is 8.85. The second kappa shape index (κ2) is 5.61. The van der Waals surface area contributed by atoms with Crippen LogP contribution in [0.1, 0.15) is 21.3 Å². The van der Waals surface area contributed by atoms with Crippen LogP contribution in [0.4, 0.5) is 0 Å². The van der Waals surface area contributed by atoms with E-state index in [-0.39, 0.29) is 12.8 Å². The second-order valence-electron chi connectivity index (χ2n) is 2.79. The molecule has 0 fully saturated rings. The molecule has 0 radical (unpaired) electrons. The largest absolute Gasteiger partial charge is 0.304 e. The standard InChI is InChI=1S/C5H14N2O2.CH4/c1-5(2,3-8-6)4-9-7;/h3-4,6-7H2,1-2H3;1H4. The highest BCUT2D eigenvalue weighted by Gasteiger charge is 2.17. The zero-order valence-corrected chi connectivity index (χ0v) is 5.89. The summed E-state index contributed by atoms with van der Waals surface area (Å²) in [5.41, 5.74) is -0.0938. The van der Waals surface area contributed by atoms with Gasteiger partial charge in [-0.05, 0) is 0 Å². The lowest BCUT2D eigenvalue weighted by atomic mass is 9.97. The Kier molecular flexibility index (Phi) is 7.02. The van der Waals surface area contributed by atoms with Gasteiger partial charge in [0.15, 0.2) is 0 Å². The predicted octanol–water partition coefficient (Wildman–Crippen LogP) is 0.429. The predicted molar refractivity (Wildman–Crippen MR) is 40.8 cm³/mol. The lowest BCUT2D eigenvalue weighted by molar-refractivity contribution is -0.00463. The molecule has 0 aromatic carbocycles. The summed E-state index contributed by atoms with van der Waals surface area (Å²) in [6.45, 7) is 4.80. The molecule has 10 heavy (non-hydrogen) atoms. The van der Waals surface area contributed by atoms with Crippen molar-refractivity contribution in [2.45, 2.75) is 21.3 Å². The molecule has 0 heterocycles. The van der Waals surface area contributed by atoms with Crippen molar-refractivity contribution in [1.29, 1.82) is 0 Å². The quantitative estimate of drug-likeness (QED) is 0.570. The molecule has 0 saturated heterocycles. The Bertz CT molecular complexity index is 68.1. The van der Waals surface area contributed by atoms with Crippen LogP contribution < -0.4 is 11.8 Å². The van der Waals surface area contributed by atoms with E-state index in [4.69, 9.17) is 11.8 Å². The second-order valence-corrected chi connectivity index (χ2v) is 2.79. The van der Waals surface area contributed by atoms with Gasteiger partial charge in [0.1, 0.15) is 0 Å². The first kappa shape index (κ1) is 12.5. The zero-order valence-electron chi connectivity index (χ0n) is 5.89. The normalized spacial score (nSPS) is 10.8. The number of hydrogen-bond acceptors (Lipinski definition) is 4. The van der Waals surface area contributed by atoms with E-state index >= 15 is 0 Å². The van der Waals surface area contributed by atoms with Crippen molar-refractivity contribution < 1.29 is 9.68 Å². The lowest BCUT2D eigenvalue weighted by Crippen LogP contribution is -2.28. The van der Waals surface area contributed by atoms with Gasteiger partial charge in [0, 0.05) is 5.41 Å². The third-order valence-corrected chi connectivity index (χ3v) is 0.948. The Balaban J connectivity index is 0. The van der Waals surface area contributed by atoms with Gasteiger partial charge in [0.2, 0.25) is 0 Å². The summed E-state index contributed by atoms with van der Waals surface area (Å²) in [5, 5.41) is 0. The summed E-state index contributed by atoms with van der Waals surface area (Å²) in [6.07, 6.45) is 0. The molecule has 4 N–H and O–H groups in total. The molecule has 4 heteroatoms. The van der Waals surface area contributed by atoms with E-state index in [1.165, 1.54) is 0 Å². The fourth-order valence-corrected chi connectivity index (χ4v) is 0.493. The summed E-state index contributed by atoms with van der Waals surface area (Å²) in [6, 6.07) is 0. The van der Waals surface area contributed by atoms with Crippen molar-refractivity contribution in [3.63, 3.8) is 0 Å². The molecule has 0 aliphatic carbocycles. The van der Waals surface area contributed by atoms with E-state index in [2.05, 4.69) is 9.68 Å². The summed E-state index contributed by atoms with van der Waals surface area (Å²) < 4.78 is 0. The van der Waals surface area contributed by atoms with Crippen molar-refractivity contribution in [2.24, 2.45) is 17.2 Å². The van der Waals surface area contributed by atoms with Gasteiger partial charge < -0.3 is 9.68 Å². The van der Waals surface area contributed by atoms with Crippen LogP contribution in [0.15, 0.2) is 0 Å². The molecule has 0 aromatic rings. The van der Waals surface area contributed by atoms with Crippen LogP contribution in [-0.2, 0) is 9.68 Å². The van der Waals surface area contributed by atoms with E-state index in [1.807, 2.05) is 13.8 Å². The van der Waals surface area contributed by atoms with Gasteiger partial charge in [-0.1, -0.05) is 21.3 Å². The molecule has 0 amide bonds. The minimum Gasteiger partial charge on any atom is -0.304 e. The highest BCUT2D eigenvalue weighted by Crippen LogP contribution is 2.13. The highest BCUT2D eigenvalue weighted by atomic mass is 16.6. The van der Waals surface area contributed by atoms with E-state index in [0.717, 1.165) is 0 Å². The van der Waals surface area contributed by atoms with Crippen molar-refractivity contribution in [3.8, 4) is 0 Å². The van der Waals surface area contributed by atoms with E-state index in [0.29, 0.717) is 13.2 Å². The van der Waals surface area contributed by atoms with E-state index in [1.54, 1.807) is 0 Å². The molecule has 0 rings (SSSR count). The van der Waals surface area contributed by atoms with Gasteiger partial charge >= 0.3 is 0 Å². The first-order valence-corrected chi connectivity index (χ1v) is 2.76. The molecule has 64 valence electrons. The number of hydrogen-bond donors (Lipinski definition) is 2. The monoisotopic (exact) mass is 150 g/mol. The summed E-state index contributed by atoms with van der Waals surface area (Å²) >= 11 is 0. The summed E-state index contributed by atoms with van der Waals surface area (Å²) in [7, 11) is 0. The molecule has 0 atom stereocenters. The zero-order chi connectivity index (χ0) is 7.33. The molecule has 4 nitrogen and oxygen atoms in total. The van der Waals surface area contributed by atoms with E-state index < -0.39 is 0 Å². The van der Waals surface area contributed by atoms with Crippen LogP contribution in [0.3, 0.4) is 0 Å². The Hall–Kier alpha value is -0.160. The Morgan fingerprint density at radius 1 is 1.10 bits per heavy atom. The van der Waals surface area contributed by atoms with Crippen LogP contribution in [-0.4, -0.2) is 13.2 Å². The van der Waals surface area contributed by atoms with Crippen LogP contribution in [0, 0.1) is 5.41 Å². The van der Waals surface area contributed by atoms with Crippen LogP contribution in [0.2, 0.25) is 0 Å². The Labute approximate surface area is 62.4 Å². The van der Waals surface area contributed by atoms with Gasteiger partial charge in [-0.3, -0.25) is 0 Å². The Morgan fingerprint density at radius 3 is 1.60 bits per heavy atom. The minimum absolute atomic E-state index is 0. The van der Waals surface area contributed by atoms with Gasteiger partial charge in [-0.25, -0.2) is 11.8 Å². The summed E-state index contributed by atoms with van der Waals surface area (Å²) in [5.74, 6) is 9.70. The highest BCUT2D eigenvalue weighted by molar-refractivity contribution is 4.64. The van der Waals surface area contributed by atoms with Gasteiger partial charge in [0.05, 0.1) is 13.2 Å². The fraction of sp³-hybridized carbons (Fsp3) is 1.00. The maximum Gasteiger partial charge on any atom is 0.0753 e. The lowest BCUT2D eigenvalue weighted by Gasteiger charge is -2.20. The van der Waals surface area contributed by atoms with Gasteiger partial charge in [-0.2, -0.15) is 0 Å². The topological polar surface area (TPSA) is 70.5 Å². The molecule has 0 bridgehead atoms. The SMILES string of the molecule is C.CC(C)(CON)CON. The van der Waals surface area contributed by atoms with Crippen molar-refractivity contribution in [1.82, 2.24) is 0 Å². The number of nitrogens with two attached hydrogens (primary N) is 2. The van der Waals surface area contributed by atoms with Crippen molar-refractivity contribution in [3.05, 3.63) is 0 Å². The molecule has 0 unspecified atom stereocenters. The third kappa shape index (κ3) is 5.97. The molecule has 0 saturated carbocycles. The Morgan fingerprint density at radius 2 is 1.40 bits per heavy atom. The first-order valence-electron chi connectivity index (χ1n) is 2.76. The minimum atomic E-state index is -0.0938. The molecular formula is C6H18N2O2. The molecular weight excluding hydrogens is 132 g/mol. The maximum atomic E-state index is 4.85. The average molecular weight is 150 g/mol. The third-order valence-electron chi connectivity index (χ3n) is 0.948. The van der Waals surface area contributed by atoms with Gasteiger partial charge in [-0.15, -0.1) is 0 Å². The van der Waals surface area contributed by atoms with Crippen molar-refractivity contribution >= 4 is 0 Å². The molecule has 0 aliphatic rings.